The third kappa shape index (κ3) is 4.65. The van der Waals surface area contributed by atoms with Crippen molar-refractivity contribution in [1.82, 2.24) is 0 Å². The molecule has 6 nitrogen and oxygen atoms in total. The first-order valence-electron chi connectivity index (χ1n) is 5.05. The summed E-state index contributed by atoms with van der Waals surface area (Å²) in [6.45, 7) is 1.82. The Hall–Kier alpha value is -0.480. The molecule has 0 spiro atoms. The smallest absolute Gasteiger partial charge is 0.391 e. The monoisotopic (exact) mass is 294 g/mol. The molecule has 8 heteroatoms. The fraction of sp³-hybridized carbons (Fsp3) is 0.400. The summed E-state index contributed by atoms with van der Waals surface area (Å²) in [5, 5.41) is 0. The molecular weight excluding hydrogens is 278 g/mol. The summed E-state index contributed by atoms with van der Waals surface area (Å²) in [5.74, 6) is 0.305. The first-order valence-corrected chi connectivity index (χ1v) is 7.95. The number of hydrogen-bond acceptors (Lipinski definition) is 6. The highest BCUT2D eigenvalue weighted by molar-refractivity contribution is 7.52. The van der Waals surface area contributed by atoms with Crippen LogP contribution in [-0.4, -0.2) is 24.0 Å². The van der Waals surface area contributed by atoms with Gasteiger partial charge in [-0.1, -0.05) is 6.07 Å². The van der Waals surface area contributed by atoms with E-state index in [9.17, 15) is 4.57 Å². The van der Waals surface area contributed by atoms with E-state index in [0.717, 1.165) is 5.56 Å². The van der Waals surface area contributed by atoms with Crippen LogP contribution in [0.25, 0.3) is 0 Å². The first kappa shape index (κ1) is 15.6. The van der Waals surface area contributed by atoms with Crippen LogP contribution in [0, 0.1) is 6.92 Å². The average Bonchev–Trinajstić information content (AvgIpc) is 2.27. The van der Waals surface area contributed by atoms with Gasteiger partial charge in [-0.05, 0) is 30.2 Å². The zero-order valence-electron chi connectivity index (χ0n) is 10.4. The lowest BCUT2D eigenvalue weighted by Gasteiger charge is -2.15. The van der Waals surface area contributed by atoms with Crippen molar-refractivity contribution in [3.8, 4) is 5.75 Å². The number of aryl methyl sites for hydroxylation is 1. The minimum Gasteiger partial charge on any atom is -0.427 e. The van der Waals surface area contributed by atoms with Gasteiger partial charge in [0.15, 0.2) is 0 Å². The summed E-state index contributed by atoms with van der Waals surface area (Å²) in [5.41, 5.74) is 1.52. The van der Waals surface area contributed by atoms with E-state index in [4.69, 9.17) is 23.4 Å². The van der Waals surface area contributed by atoms with Crippen molar-refractivity contribution in [1.29, 1.82) is 0 Å². The molecule has 1 aromatic carbocycles. The summed E-state index contributed by atoms with van der Waals surface area (Å²) < 4.78 is 26.5. The third-order valence-corrected chi connectivity index (χ3v) is 4.47. The van der Waals surface area contributed by atoms with E-state index in [0.29, 0.717) is 11.3 Å². The second kappa shape index (κ2) is 6.62. The fourth-order valence-corrected chi connectivity index (χ4v) is 2.82. The molecule has 0 saturated heterocycles. The van der Waals surface area contributed by atoms with Crippen molar-refractivity contribution < 1.29 is 27.9 Å². The van der Waals surface area contributed by atoms with Gasteiger partial charge in [-0.25, -0.2) is 0 Å². The second-order valence-corrected chi connectivity index (χ2v) is 6.59. The average molecular weight is 294 g/mol. The maximum Gasteiger partial charge on any atom is 0.391 e. The maximum absolute atomic E-state index is 12.0. The van der Waals surface area contributed by atoms with Crippen LogP contribution in [0.4, 0.5) is 0 Å². The van der Waals surface area contributed by atoms with E-state index in [-0.39, 0.29) is 6.16 Å². The Balaban J connectivity index is 2.96. The molecule has 0 radical (unpaired) electrons. The van der Waals surface area contributed by atoms with Crippen LogP contribution in [0.1, 0.15) is 11.1 Å². The normalized spacial score (nSPS) is 11.9. The maximum atomic E-state index is 12.0. The van der Waals surface area contributed by atoms with Gasteiger partial charge >= 0.3 is 16.2 Å². The first-order chi connectivity index (χ1) is 8.38. The highest BCUT2D eigenvalue weighted by Gasteiger charge is 2.22. The molecule has 0 heterocycles. The molecule has 2 N–H and O–H groups in total. The van der Waals surface area contributed by atoms with E-state index < -0.39 is 16.2 Å². The van der Waals surface area contributed by atoms with Gasteiger partial charge in [-0.2, -0.15) is 0 Å². The van der Waals surface area contributed by atoms with Crippen LogP contribution in [0.15, 0.2) is 18.2 Å². The van der Waals surface area contributed by atoms with Gasteiger partial charge < -0.3 is 23.4 Å². The molecule has 0 fully saturated rings. The van der Waals surface area contributed by atoms with Crippen LogP contribution in [-0.2, 0) is 19.8 Å². The molecule has 0 aromatic heterocycles. The largest absolute Gasteiger partial charge is 0.427 e. The highest BCUT2D eigenvalue weighted by atomic mass is 31.2. The molecule has 0 saturated carbocycles. The van der Waals surface area contributed by atoms with Crippen LogP contribution in [0.2, 0.25) is 0 Å². The Labute approximate surface area is 107 Å². The van der Waals surface area contributed by atoms with Crippen LogP contribution < -0.4 is 4.52 Å². The molecular formula is C10H16O6P2. The Bertz CT molecular complexity index is 440. The number of rotatable bonds is 6. The van der Waals surface area contributed by atoms with E-state index in [2.05, 4.69) is 0 Å². The van der Waals surface area contributed by atoms with Gasteiger partial charge in [0, 0.05) is 14.2 Å². The fourth-order valence-electron chi connectivity index (χ4n) is 1.49. The van der Waals surface area contributed by atoms with E-state index in [1.807, 2.05) is 6.92 Å². The van der Waals surface area contributed by atoms with Gasteiger partial charge in [-0.15, -0.1) is 0 Å². The molecule has 0 aliphatic heterocycles. The van der Waals surface area contributed by atoms with Crippen LogP contribution >= 0.6 is 16.2 Å². The molecule has 0 aliphatic carbocycles. The summed E-state index contributed by atoms with van der Waals surface area (Å²) in [6, 6.07) is 5.02. The lowest BCUT2D eigenvalue weighted by molar-refractivity contribution is 0.275. The molecule has 0 bridgehead atoms. The highest BCUT2D eigenvalue weighted by Crippen LogP contribution is 2.50. The van der Waals surface area contributed by atoms with Gasteiger partial charge in [0.25, 0.3) is 0 Å². The van der Waals surface area contributed by atoms with E-state index in [1.54, 1.807) is 18.2 Å². The second-order valence-electron chi connectivity index (χ2n) is 3.63. The van der Waals surface area contributed by atoms with Crippen molar-refractivity contribution in [3.63, 3.8) is 0 Å². The summed E-state index contributed by atoms with van der Waals surface area (Å²) in [6.07, 6.45) is 0.0901. The van der Waals surface area contributed by atoms with Gasteiger partial charge in [0.2, 0.25) is 0 Å². The SMILES string of the molecule is COP(=O)(Cc1cc(C)cc(OP(O)O)c1)OC. The lowest BCUT2D eigenvalue weighted by Crippen LogP contribution is -1.95. The summed E-state index contributed by atoms with van der Waals surface area (Å²) in [4.78, 5) is 17.6. The van der Waals surface area contributed by atoms with Crippen molar-refractivity contribution in [2.24, 2.45) is 0 Å². The zero-order valence-corrected chi connectivity index (χ0v) is 12.1. The topological polar surface area (TPSA) is 85.2 Å². The predicted molar refractivity (Wildman–Crippen MR) is 68.5 cm³/mol. The molecule has 0 unspecified atom stereocenters. The molecule has 102 valence electrons. The van der Waals surface area contributed by atoms with Crippen LogP contribution in [0.5, 0.6) is 5.75 Å². The third-order valence-electron chi connectivity index (χ3n) is 2.23. The van der Waals surface area contributed by atoms with Crippen LogP contribution in [0.3, 0.4) is 0 Å². The van der Waals surface area contributed by atoms with E-state index >= 15 is 0 Å². The Kier molecular flexibility index (Phi) is 5.73. The summed E-state index contributed by atoms with van der Waals surface area (Å²) >= 11 is 0. The molecule has 0 aliphatic rings. The van der Waals surface area contributed by atoms with Crippen molar-refractivity contribution in [2.45, 2.75) is 13.1 Å². The lowest BCUT2D eigenvalue weighted by atomic mass is 10.1. The van der Waals surface area contributed by atoms with E-state index in [1.165, 1.54) is 14.2 Å². The Morgan fingerprint density at radius 3 is 2.33 bits per heavy atom. The minimum atomic E-state index is -3.15. The molecule has 0 atom stereocenters. The molecule has 1 aromatic rings. The molecule has 1 rings (SSSR count). The standard InChI is InChI=1S/C10H16O6P2/c1-8-4-9(7-18(13,14-2)15-3)6-10(5-8)16-17(11)12/h4-6,11-12H,7H2,1-3H3. The molecule has 18 heavy (non-hydrogen) atoms. The Morgan fingerprint density at radius 2 is 1.83 bits per heavy atom. The van der Waals surface area contributed by atoms with Gasteiger partial charge in [0.1, 0.15) is 5.75 Å². The number of hydrogen-bond donors (Lipinski definition) is 2. The Morgan fingerprint density at radius 1 is 1.22 bits per heavy atom. The van der Waals surface area contributed by atoms with Crippen molar-refractivity contribution >= 4 is 16.2 Å². The zero-order chi connectivity index (χ0) is 13.8. The van der Waals surface area contributed by atoms with Crippen molar-refractivity contribution in [2.75, 3.05) is 14.2 Å². The van der Waals surface area contributed by atoms with Gasteiger partial charge in [-0.3, -0.25) is 4.57 Å². The van der Waals surface area contributed by atoms with Gasteiger partial charge in [0.05, 0.1) is 6.16 Å². The van der Waals surface area contributed by atoms with Crippen molar-refractivity contribution in [3.05, 3.63) is 29.3 Å². The predicted octanol–water partition coefficient (Wildman–Crippen LogP) is 2.57. The quantitative estimate of drug-likeness (QED) is 0.784. The minimum absolute atomic E-state index is 0.0901. The number of benzene rings is 1. The molecule has 0 amide bonds. The summed E-state index contributed by atoms with van der Waals surface area (Å²) in [7, 11) is -2.99.